The zero-order valence-electron chi connectivity index (χ0n) is 11.7. The van der Waals surface area contributed by atoms with Crippen LogP contribution in [0.25, 0.3) is 0 Å². The summed E-state index contributed by atoms with van der Waals surface area (Å²) in [5.74, 6) is 0.963. The van der Waals surface area contributed by atoms with Crippen molar-refractivity contribution in [2.75, 3.05) is 31.1 Å². The molecule has 1 saturated heterocycles. The molecular weight excluding hydrogens is 224 g/mol. The number of nitrogens with zero attached hydrogens (tertiary/aromatic N) is 1. The Morgan fingerprint density at radius 3 is 3.00 bits per heavy atom. The van der Waals surface area contributed by atoms with Gasteiger partial charge in [-0.2, -0.15) is 0 Å². The van der Waals surface area contributed by atoms with Crippen LogP contribution >= 0.6 is 0 Å². The fourth-order valence-electron chi connectivity index (χ4n) is 2.47. The molecule has 0 unspecified atom stereocenters. The summed E-state index contributed by atoms with van der Waals surface area (Å²) in [6, 6.07) is 8.41. The number of anilines is 1. The molecule has 2 rings (SSSR count). The van der Waals surface area contributed by atoms with Crippen molar-refractivity contribution >= 4 is 5.69 Å². The average Bonchev–Trinajstić information content (AvgIpc) is 2.51. The van der Waals surface area contributed by atoms with E-state index in [-0.39, 0.29) is 5.54 Å². The minimum absolute atomic E-state index is 0.165. The van der Waals surface area contributed by atoms with E-state index in [0.29, 0.717) is 0 Å². The Kier molecular flexibility index (Phi) is 4.12. The van der Waals surface area contributed by atoms with Gasteiger partial charge in [0, 0.05) is 30.4 Å². The van der Waals surface area contributed by atoms with Gasteiger partial charge in [-0.15, -0.1) is 0 Å². The van der Waals surface area contributed by atoms with Crippen LogP contribution in [0.5, 0.6) is 5.75 Å². The smallest absolute Gasteiger partial charge is 0.121 e. The Labute approximate surface area is 110 Å². The molecule has 0 spiro atoms. The quantitative estimate of drug-likeness (QED) is 0.890. The fraction of sp³-hybridized carbons (Fsp3) is 0.600. The Balaban J connectivity index is 2.16. The first-order valence-corrected chi connectivity index (χ1v) is 6.83. The molecule has 3 nitrogen and oxygen atoms in total. The molecule has 0 saturated carbocycles. The lowest BCUT2D eigenvalue weighted by Crippen LogP contribution is -2.46. The lowest BCUT2D eigenvalue weighted by atomic mass is 10.1. The van der Waals surface area contributed by atoms with E-state index in [0.717, 1.165) is 32.0 Å². The Morgan fingerprint density at radius 1 is 1.39 bits per heavy atom. The minimum Gasteiger partial charge on any atom is -0.494 e. The van der Waals surface area contributed by atoms with E-state index >= 15 is 0 Å². The van der Waals surface area contributed by atoms with Crippen molar-refractivity contribution in [1.82, 2.24) is 5.32 Å². The lowest BCUT2D eigenvalue weighted by molar-refractivity contribution is 0.340. The number of hydrogen-bond acceptors (Lipinski definition) is 3. The van der Waals surface area contributed by atoms with Gasteiger partial charge in [0.15, 0.2) is 0 Å². The molecule has 1 aromatic rings. The molecule has 0 amide bonds. The SMILES string of the molecule is CCOc1cccc(N2CCCNC(C)(C)C2)c1. The molecule has 1 aromatic carbocycles. The van der Waals surface area contributed by atoms with Crippen LogP contribution in [0, 0.1) is 0 Å². The Hall–Kier alpha value is -1.22. The van der Waals surface area contributed by atoms with Crippen molar-refractivity contribution in [3.8, 4) is 5.75 Å². The van der Waals surface area contributed by atoms with Gasteiger partial charge in [0.2, 0.25) is 0 Å². The molecular formula is C15H24N2O. The first kappa shape index (κ1) is 13.2. The van der Waals surface area contributed by atoms with Crippen molar-refractivity contribution in [3.63, 3.8) is 0 Å². The average molecular weight is 248 g/mol. The highest BCUT2D eigenvalue weighted by molar-refractivity contribution is 5.51. The fourth-order valence-corrected chi connectivity index (χ4v) is 2.47. The zero-order chi connectivity index (χ0) is 13.0. The van der Waals surface area contributed by atoms with Crippen LogP contribution < -0.4 is 15.0 Å². The maximum absolute atomic E-state index is 5.58. The van der Waals surface area contributed by atoms with E-state index in [1.54, 1.807) is 0 Å². The standard InChI is InChI=1S/C15H24N2O/c1-4-18-14-8-5-7-13(11-14)17-10-6-9-16-15(2,3)12-17/h5,7-8,11,16H,4,6,9-10,12H2,1-3H3. The molecule has 1 aliphatic rings. The molecule has 1 fully saturated rings. The summed E-state index contributed by atoms with van der Waals surface area (Å²) in [6.07, 6.45) is 1.18. The second-order valence-corrected chi connectivity index (χ2v) is 5.52. The third-order valence-electron chi connectivity index (χ3n) is 3.29. The number of hydrogen-bond donors (Lipinski definition) is 1. The van der Waals surface area contributed by atoms with Gasteiger partial charge in [-0.1, -0.05) is 6.07 Å². The van der Waals surface area contributed by atoms with Gasteiger partial charge in [0.1, 0.15) is 5.75 Å². The summed E-state index contributed by atoms with van der Waals surface area (Å²) in [7, 11) is 0. The summed E-state index contributed by atoms with van der Waals surface area (Å²) in [5, 5.41) is 3.59. The van der Waals surface area contributed by atoms with Crippen LogP contribution in [0.15, 0.2) is 24.3 Å². The summed E-state index contributed by atoms with van der Waals surface area (Å²) in [4.78, 5) is 2.45. The molecule has 0 aromatic heterocycles. The highest BCUT2D eigenvalue weighted by atomic mass is 16.5. The minimum atomic E-state index is 0.165. The number of nitrogens with one attached hydrogen (secondary N) is 1. The van der Waals surface area contributed by atoms with Crippen molar-refractivity contribution in [2.24, 2.45) is 0 Å². The highest BCUT2D eigenvalue weighted by Gasteiger charge is 2.24. The molecule has 1 heterocycles. The molecule has 100 valence electrons. The van der Waals surface area contributed by atoms with E-state index in [2.05, 4.69) is 42.3 Å². The van der Waals surface area contributed by atoms with E-state index in [1.807, 2.05) is 13.0 Å². The molecule has 3 heteroatoms. The van der Waals surface area contributed by atoms with E-state index in [4.69, 9.17) is 4.74 Å². The van der Waals surface area contributed by atoms with Crippen molar-refractivity contribution < 1.29 is 4.74 Å². The number of rotatable bonds is 3. The van der Waals surface area contributed by atoms with Crippen LogP contribution in [-0.4, -0.2) is 31.8 Å². The van der Waals surface area contributed by atoms with E-state index < -0.39 is 0 Å². The van der Waals surface area contributed by atoms with Crippen LogP contribution in [0.3, 0.4) is 0 Å². The normalized spacial score (nSPS) is 19.4. The zero-order valence-corrected chi connectivity index (χ0v) is 11.7. The molecule has 1 aliphatic heterocycles. The maximum atomic E-state index is 5.58. The predicted octanol–water partition coefficient (Wildman–Crippen LogP) is 2.66. The second-order valence-electron chi connectivity index (χ2n) is 5.52. The van der Waals surface area contributed by atoms with Gasteiger partial charge in [-0.05, 0) is 45.9 Å². The number of ether oxygens (including phenoxy) is 1. The van der Waals surface area contributed by atoms with Gasteiger partial charge < -0.3 is 15.0 Å². The lowest BCUT2D eigenvalue weighted by Gasteiger charge is -2.31. The predicted molar refractivity (Wildman–Crippen MR) is 76.5 cm³/mol. The molecule has 18 heavy (non-hydrogen) atoms. The monoisotopic (exact) mass is 248 g/mol. The Morgan fingerprint density at radius 2 is 2.22 bits per heavy atom. The molecule has 1 N–H and O–H groups in total. The molecule has 0 aliphatic carbocycles. The first-order valence-electron chi connectivity index (χ1n) is 6.83. The van der Waals surface area contributed by atoms with Crippen LogP contribution in [0.2, 0.25) is 0 Å². The summed E-state index contributed by atoms with van der Waals surface area (Å²) in [5.41, 5.74) is 1.43. The summed E-state index contributed by atoms with van der Waals surface area (Å²) in [6.45, 7) is 10.5. The summed E-state index contributed by atoms with van der Waals surface area (Å²) >= 11 is 0. The molecule has 0 atom stereocenters. The van der Waals surface area contributed by atoms with Crippen LogP contribution in [0.4, 0.5) is 5.69 Å². The highest BCUT2D eigenvalue weighted by Crippen LogP contribution is 2.24. The van der Waals surface area contributed by atoms with Gasteiger partial charge in [-0.3, -0.25) is 0 Å². The van der Waals surface area contributed by atoms with Crippen molar-refractivity contribution in [1.29, 1.82) is 0 Å². The van der Waals surface area contributed by atoms with E-state index in [1.165, 1.54) is 12.1 Å². The van der Waals surface area contributed by atoms with Gasteiger partial charge in [-0.25, -0.2) is 0 Å². The van der Waals surface area contributed by atoms with Crippen molar-refractivity contribution in [3.05, 3.63) is 24.3 Å². The largest absolute Gasteiger partial charge is 0.494 e. The second kappa shape index (κ2) is 5.61. The van der Waals surface area contributed by atoms with Crippen LogP contribution in [0.1, 0.15) is 27.2 Å². The summed E-state index contributed by atoms with van der Waals surface area (Å²) < 4.78 is 5.58. The van der Waals surface area contributed by atoms with Gasteiger partial charge >= 0.3 is 0 Å². The van der Waals surface area contributed by atoms with Gasteiger partial charge in [0.05, 0.1) is 6.61 Å². The first-order chi connectivity index (χ1) is 8.61. The third kappa shape index (κ3) is 3.39. The van der Waals surface area contributed by atoms with Crippen LogP contribution in [-0.2, 0) is 0 Å². The van der Waals surface area contributed by atoms with Crippen molar-refractivity contribution in [2.45, 2.75) is 32.7 Å². The molecule has 0 radical (unpaired) electrons. The topological polar surface area (TPSA) is 24.5 Å². The third-order valence-corrected chi connectivity index (χ3v) is 3.29. The Bertz CT molecular complexity index is 390. The molecule has 0 bridgehead atoms. The maximum Gasteiger partial charge on any atom is 0.121 e. The number of benzene rings is 1. The van der Waals surface area contributed by atoms with E-state index in [9.17, 15) is 0 Å². The van der Waals surface area contributed by atoms with Gasteiger partial charge in [0.25, 0.3) is 0 Å².